The minimum Gasteiger partial charge on any atom is -0.456 e. The number of amides is 2. The summed E-state index contributed by atoms with van der Waals surface area (Å²) in [5.41, 5.74) is -0.362. The number of ether oxygens (including phenoxy) is 4. The lowest BCUT2D eigenvalue weighted by atomic mass is 9.66. The van der Waals surface area contributed by atoms with Crippen LogP contribution in [0.4, 0.5) is 9.59 Å². The van der Waals surface area contributed by atoms with Crippen LogP contribution >= 0.6 is 0 Å². The van der Waals surface area contributed by atoms with Gasteiger partial charge in [0.2, 0.25) is 0 Å². The van der Waals surface area contributed by atoms with E-state index in [2.05, 4.69) is 37.6 Å². The standard InChI is InChI=1S/C29H46N2O8/c1-7-25(32)38-21(5)17-36-27(34)30-24-13-12-23(15-19(24)3)16-29(14-10-9-11-20(29)4)31-28(35)37-18-22(6)39-26(33)8-2/h7-8,19-24H,1-2,9-18H2,3-6H3,(H,30,34)(H,31,35). The molecule has 2 rings (SSSR count). The zero-order chi connectivity index (χ0) is 29.0. The van der Waals surface area contributed by atoms with E-state index in [-0.39, 0.29) is 30.7 Å². The Kier molecular flexibility index (Phi) is 12.8. The highest BCUT2D eigenvalue weighted by atomic mass is 16.6. The van der Waals surface area contributed by atoms with Gasteiger partial charge in [-0.25, -0.2) is 19.2 Å². The zero-order valence-corrected chi connectivity index (χ0v) is 23.9. The molecule has 7 unspecified atom stereocenters. The van der Waals surface area contributed by atoms with Crippen LogP contribution in [0.1, 0.15) is 79.1 Å². The molecular weight excluding hydrogens is 504 g/mol. The maximum atomic E-state index is 12.8. The summed E-state index contributed by atoms with van der Waals surface area (Å²) in [4.78, 5) is 47.8. The lowest BCUT2D eigenvalue weighted by molar-refractivity contribution is -0.144. The third kappa shape index (κ3) is 10.6. The molecule has 10 nitrogen and oxygen atoms in total. The fourth-order valence-corrected chi connectivity index (χ4v) is 5.76. The van der Waals surface area contributed by atoms with Crippen molar-refractivity contribution in [3.05, 3.63) is 25.3 Å². The van der Waals surface area contributed by atoms with E-state index in [0.717, 1.165) is 63.5 Å². The highest BCUT2D eigenvalue weighted by Gasteiger charge is 2.43. The number of carbonyl (C=O) groups excluding carboxylic acids is 4. The molecule has 2 amide bonds. The van der Waals surface area contributed by atoms with Gasteiger partial charge in [-0.15, -0.1) is 0 Å². The van der Waals surface area contributed by atoms with E-state index in [1.54, 1.807) is 13.8 Å². The molecule has 0 spiro atoms. The SMILES string of the molecule is C=CC(=O)OC(C)COC(=O)NC1CCC(CC2(NC(=O)OCC(C)OC(=O)C=C)CCCCC2C)CC1C. The van der Waals surface area contributed by atoms with Crippen molar-refractivity contribution in [2.24, 2.45) is 17.8 Å². The summed E-state index contributed by atoms with van der Waals surface area (Å²) in [6.07, 6.45) is 7.57. The molecule has 0 heterocycles. The Morgan fingerprint density at radius 1 is 0.897 bits per heavy atom. The number of hydrogen-bond acceptors (Lipinski definition) is 8. The van der Waals surface area contributed by atoms with E-state index in [1.165, 1.54) is 0 Å². The van der Waals surface area contributed by atoms with Crippen LogP contribution in [0.2, 0.25) is 0 Å². The normalized spacial score (nSPS) is 28.1. The van der Waals surface area contributed by atoms with Gasteiger partial charge < -0.3 is 29.6 Å². The van der Waals surface area contributed by atoms with Crippen molar-refractivity contribution in [1.82, 2.24) is 10.6 Å². The Labute approximate surface area is 232 Å². The number of rotatable bonds is 12. The minimum absolute atomic E-state index is 0.0165. The molecule has 7 atom stereocenters. The van der Waals surface area contributed by atoms with Gasteiger partial charge in [0.15, 0.2) is 0 Å². The van der Waals surface area contributed by atoms with Crippen molar-refractivity contribution in [3.63, 3.8) is 0 Å². The highest BCUT2D eigenvalue weighted by Crippen LogP contribution is 2.42. The predicted octanol–water partition coefficient (Wildman–Crippen LogP) is 4.82. The monoisotopic (exact) mass is 550 g/mol. The quantitative estimate of drug-likeness (QED) is 0.201. The van der Waals surface area contributed by atoms with Crippen LogP contribution in [0, 0.1) is 17.8 Å². The molecule has 0 aromatic heterocycles. The molecule has 2 aliphatic rings. The Morgan fingerprint density at radius 3 is 2.03 bits per heavy atom. The number of hydrogen-bond donors (Lipinski definition) is 2. The van der Waals surface area contributed by atoms with Gasteiger partial charge in [0, 0.05) is 23.7 Å². The average Bonchev–Trinajstić information content (AvgIpc) is 2.89. The molecule has 0 saturated heterocycles. The van der Waals surface area contributed by atoms with Crippen LogP contribution in [-0.4, -0.2) is 61.1 Å². The van der Waals surface area contributed by atoms with Crippen LogP contribution < -0.4 is 10.6 Å². The second-order valence-electron chi connectivity index (χ2n) is 11.1. The predicted molar refractivity (Wildman–Crippen MR) is 146 cm³/mol. The topological polar surface area (TPSA) is 129 Å². The van der Waals surface area contributed by atoms with Crippen molar-refractivity contribution in [3.8, 4) is 0 Å². The molecule has 0 aromatic carbocycles. The van der Waals surface area contributed by atoms with E-state index in [4.69, 9.17) is 18.9 Å². The highest BCUT2D eigenvalue weighted by molar-refractivity contribution is 5.81. The van der Waals surface area contributed by atoms with E-state index in [1.807, 2.05) is 0 Å². The van der Waals surface area contributed by atoms with Crippen molar-refractivity contribution >= 4 is 24.1 Å². The average molecular weight is 551 g/mol. The Bertz CT molecular complexity index is 877. The summed E-state index contributed by atoms with van der Waals surface area (Å²) in [6, 6.07) is -0.0165. The third-order valence-corrected chi connectivity index (χ3v) is 7.90. The Morgan fingerprint density at radius 2 is 1.49 bits per heavy atom. The molecule has 2 saturated carbocycles. The first-order valence-electron chi connectivity index (χ1n) is 14.0. The van der Waals surface area contributed by atoms with Crippen molar-refractivity contribution in [2.75, 3.05) is 13.2 Å². The van der Waals surface area contributed by atoms with Gasteiger partial charge >= 0.3 is 24.1 Å². The van der Waals surface area contributed by atoms with Crippen LogP contribution in [-0.2, 0) is 28.5 Å². The van der Waals surface area contributed by atoms with Crippen LogP contribution in [0.3, 0.4) is 0 Å². The van der Waals surface area contributed by atoms with Gasteiger partial charge in [-0.1, -0.05) is 39.8 Å². The first-order chi connectivity index (χ1) is 18.5. The number of esters is 2. The molecule has 0 aromatic rings. The smallest absolute Gasteiger partial charge is 0.407 e. The summed E-state index contributed by atoms with van der Waals surface area (Å²) < 4.78 is 20.7. The molecule has 10 heteroatoms. The number of carbonyl (C=O) groups is 4. The van der Waals surface area contributed by atoms with E-state index in [0.29, 0.717) is 11.8 Å². The molecule has 2 aliphatic carbocycles. The summed E-state index contributed by atoms with van der Waals surface area (Å²) in [5, 5.41) is 6.16. The first-order valence-corrected chi connectivity index (χ1v) is 14.0. The summed E-state index contributed by atoms with van der Waals surface area (Å²) >= 11 is 0. The lowest BCUT2D eigenvalue weighted by Gasteiger charge is -2.46. The molecular formula is C29H46N2O8. The van der Waals surface area contributed by atoms with Crippen LogP contribution in [0.5, 0.6) is 0 Å². The molecule has 0 radical (unpaired) electrons. The fourth-order valence-electron chi connectivity index (χ4n) is 5.76. The number of nitrogens with one attached hydrogen (secondary N) is 2. The summed E-state index contributed by atoms with van der Waals surface area (Å²) in [7, 11) is 0. The molecule has 39 heavy (non-hydrogen) atoms. The van der Waals surface area contributed by atoms with Crippen molar-refractivity contribution < 1.29 is 38.1 Å². The first kappa shape index (κ1) is 32.2. The van der Waals surface area contributed by atoms with Gasteiger partial charge in [0.1, 0.15) is 25.4 Å². The van der Waals surface area contributed by atoms with Gasteiger partial charge in [0.05, 0.1) is 0 Å². The van der Waals surface area contributed by atoms with E-state index < -0.39 is 36.3 Å². The largest absolute Gasteiger partial charge is 0.456 e. The zero-order valence-electron chi connectivity index (χ0n) is 23.9. The second kappa shape index (κ2) is 15.5. The third-order valence-electron chi connectivity index (χ3n) is 7.90. The van der Waals surface area contributed by atoms with Crippen LogP contribution in [0.25, 0.3) is 0 Å². The Balaban J connectivity index is 1.88. The summed E-state index contributed by atoms with van der Waals surface area (Å²) in [6.45, 7) is 14.3. The lowest BCUT2D eigenvalue weighted by Crippen LogP contribution is -2.56. The van der Waals surface area contributed by atoms with Crippen LogP contribution in [0.15, 0.2) is 25.3 Å². The fraction of sp³-hybridized carbons (Fsp3) is 0.724. The summed E-state index contributed by atoms with van der Waals surface area (Å²) in [5.74, 6) is -0.195. The van der Waals surface area contributed by atoms with Gasteiger partial charge in [-0.3, -0.25) is 0 Å². The molecule has 2 N–H and O–H groups in total. The van der Waals surface area contributed by atoms with Gasteiger partial charge in [0.25, 0.3) is 0 Å². The number of alkyl carbamates (subject to hydrolysis) is 2. The van der Waals surface area contributed by atoms with E-state index >= 15 is 0 Å². The molecule has 220 valence electrons. The van der Waals surface area contributed by atoms with Gasteiger partial charge in [-0.2, -0.15) is 0 Å². The molecule has 2 fully saturated rings. The molecule has 0 bridgehead atoms. The van der Waals surface area contributed by atoms with Crippen molar-refractivity contribution in [2.45, 2.75) is 103 Å². The molecule has 0 aliphatic heterocycles. The maximum Gasteiger partial charge on any atom is 0.407 e. The second-order valence-corrected chi connectivity index (χ2v) is 11.1. The van der Waals surface area contributed by atoms with Crippen molar-refractivity contribution in [1.29, 1.82) is 0 Å². The minimum atomic E-state index is -0.568. The maximum absolute atomic E-state index is 12.8. The Hall–Kier alpha value is -3.04. The van der Waals surface area contributed by atoms with Gasteiger partial charge in [-0.05, 0) is 70.1 Å². The van der Waals surface area contributed by atoms with E-state index in [9.17, 15) is 19.2 Å².